The number of hydrogen-bond donors (Lipinski definition) is 2. The van der Waals surface area contributed by atoms with Crippen LogP contribution < -0.4 is 5.32 Å². The molecule has 5 nitrogen and oxygen atoms in total. The topological polar surface area (TPSA) is 70.9 Å². The maximum absolute atomic E-state index is 12.9. The average molecular weight is 330 g/mol. The van der Waals surface area contributed by atoms with Gasteiger partial charge in [0, 0.05) is 6.20 Å². The van der Waals surface area contributed by atoms with Crippen molar-refractivity contribution in [2.45, 2.75) is 19.1 Å². The zero-order valence-electron chi connectivity index (χ0n) is 12.3. The molecule has 0 amide bonds. The molecule has 23 heavy (non-hydrogen) atoms. The lowest BCUT2D eigenvalue weighted by Crippen LogP contribution is -2.24. The molecule has 2 N–H and O–H groups in total. The summed E-state index contributed by atoms with van der Waals surface area (Å²) < 4.78 is 12.9. The van der Waals surface area contributed by atoms with Crippen molar-refractivity contribution in [2.75, 3.05) is 5.32 Å². The van der Waals surface area contributed by atoms with Crippen molar-refractivity contribution in [1.82, 2.24) is 15.2 Å². The fourth-order valence-corrected chi connectivity index (χ4v) is 2.91. The number of anilines is 1. The number of halogens is 1. The van der Waals surface area contributed by atoms with E-state index >= 15 is 0 Å². The quantitative estimate of drug-likeness (QED) is 0.751. The van der Waals surface area contributed by atoms with E-state index in [9.17, 15) is 9.50 Å². The second-order valence-corrected chi connectivity index (χ2v) is 6.03. The van der Waals surface area contributed by atoms with E-state index in [-0.39, 0.29) is 11.9 Å². The van der Waals surface area contributed by atoms with Crippen LogP contribution >= 0.6 is 11.3 Å². The molecule has 0 saturated heterocycles. The lowest BCUT2D eigenvalue weighted by Gasteiger charge is -2.19. The Kier molecular flexibility index (Phi) is 4.59. The fraction of sp³-hybridized carbons (Fsp3) is 0.188. The number of pyridine rings is 1. The minimum atomic E-state index is -0.780. The molecule has 0 aliphatic carbocycles. The average Bonchev–Trinajstić information content (AvgIpc) is 3.04. The standard InChI is InChI=1S/C16H15FN4OS/c1-10(14(22)11-5-7-12(17)8-6-11)19-16-21-20-15(23-16)13-4-2-3-9-18-13/h2-10,14,22H,1H3,(H,19,21)/t10-,14+/m1/s1. The van der Waals surface area contributed by atoms with Gasteiger partial charge in [0.15, 0.2) is 5.01 Å². The van der Waals surface area contributed by atoms with Crippen LogP contribution in [0.1, 0.15) is 18.6 Å². The van der Waals surface area contributed by atoms with E-state index in [1.807, 2.05) is 25.1 Å². The van der Waals surface area contributed by atoms with Crippen molar-refractivity contribution in [1.29, 1.82) is 0 Å². The van der Waals surface area contributed by atoms with E-state index in [2.05, 4.69) is 20.5 Å². The van der Waals surface area contributed by atoms with E-state index in [0.29, 0.717) is 15.7 Å². The summed E-state index contributed by atoms with van der Waals surface area (Å²) in [5, 5.41) is 22.9. The summed E-state index contributed by atoms with van der Waals surface area (Å²) in [7, 11) is 0. The van der Waals surface area contributed by atoms with Crippen molar-refractivity contribution >= 4 is 16.5 Å². The zero-order chi connectivity index (χ0) is 16.2. The van der Waals surface area contributed by atoms with Crippen molar-refractivity contribution < 1.29 is 9.50 Å². The number of benzene rings is 1. The summed E-state index contributed by atoms with van der Waals surface area (Å²) >= 11 is 1.36. The number of nitrogens with one attached hydrogen (secondary N) is 1. The first kappa shape index (κ1) is 15.5. The van der Waals surface area contributed by atoms with Gasteiger partial charge >= 0.3 is 0 Å². The summed E-state index contributed by atoms with van der Waals surface area (Å²) in [5.41, 5.74) is 1.39. The first-order valence-electron chi connectivity index (χ1n) is 7.08. The molecule has 0 bridgehead atoms. The van der Waals surface area contributed by atoms with Gasteiger partial charge in [-0.1, -0.05) is 29.5 Å². The molecular formula is C16H15FN4OS. The minimum absolute atomic E-state index is 0.301. The smallest absolute Gasteiger partial charge is 0.206 e. The van der Waals surface area contributed by atoms with Crippen LogP contribution in [-0.2, 0) is 0 Å². The zero-order valence-corrected chi connectivity index (χ0v) is 13.2. The molecule has 1 aromatic carbocycles. The third-order valence-corrected chi connectivity index (χ3v) is 4.22. The van der Waals surface area contributed by atoms with Gasteiger partial charge in [-0.15, -0.1) is 10.2 Å². The highest BCUT2D eigenvalue weighted by atomic mass is 32.1. The Labute approximate surface area is 136 Å². The van der Waals surface area contributed by atoms with Gasteiger partial charge in [0.2, 0.25) is 5.13 Å². The van der Waals surface area contributed by atoms with Crippen LogP contribution in [-0.4, -0.2) is 26.3 Å². The normalized spacial score (nSPS) is 13.5. The Morgan fingerprint density at radius 1 is 1.13 bits per heavy atom. The van der Waals surface area contributed by atoms with Gasteiger partial charge in [0.05, 0.1) is 12.1 Å². The molecule has 2 heterocycles. The second-order valence-electron chi connectivity index (χ2n) is 5.06. The lowest BCUT2D eigenvalue weighted by molar-refractivity contribution is 0.160. The van der Waals surface area contributed by atoms with E-state index in [4.69, 9.17) is 0 Å². The van der Waals surface area contributed by atoms with Crippen LogP contribution in [0.25, 0.3) is 10.7 Å². The molecule has 2 atom stereocenters. The number of hydrogen-bond acceptors (Lipinski definition) is 6. The summed E-state index contributed by atoms with van der Waals surface area (Å²) in [6, 6.07) is 11.1. The van der Waals surface area contributed by atoms with Crippen molar-refractivity contribution in [3.05, 3.63) is 60.0 Å². The van der Waals surface area contributed by atoms with Gasteiger partial charge in [-0.3, -0.25) is 4.98 Å². The van der Waals surface area contributed by atoms with Crippen molar-refractivity contribution in [3.63, 3.8) is 0 Å². The summed E-state index contributed by atoms with van der Waals surface area (Å²) in [6.45, 7) is 1.83. The number of aliphatic hydroxyl groups is 1. The predicted octanol–water partition coefficient (Wildman–Crippen LogP) is 3.27. The van der Waals surface area contributed by atoms with Gasteiger partial charge in [-0.05, 0) is 36.8 Å². The Hall–Kier alpha value is -2.38. The van der Waals surface area contributed by atoms with Crippen LogP contribution in [0.5, 0.6) is 0 Å². The summed E-state index contributed by atoms with van der Waals surface area (Å²) in [4.78, 5) is 4.23. The molecule has 0 fully saturated rings. The molecule has 0 unspecified atom stereocenters. The van der Waals surface area contributed by atoms with Gasteiger partial charge < -0.3 is 10.4 Å². The monoisotopic (exact) mass is 330 g/mol. The minimum Gasteiger partial charge on any atom is -0.386 e. The highest BCUT2D eigenvalue weighted by Crippen LogP contribution is 2.27. The Morgan fingerprint density at radius 3 is 2.61 bits per heavy atom. The van der Waals surface area contributed by atoms with E-state index in [1.54, 1.807) is 18.3 Å². The molecule has 0 radical (unpaired) electrons. The molecule has 118 valence electrons. The van der Waals surface area contributed by atoms with Crippen LogP contribution in [0.3, 0.4) is 0 Å². The molecular weight excluding hydrogens is 315 g/mol. The fourth-order valence-electron chi connectivity index (χ4n) is 2.10. The third kappa shape index (κ3) is 3.69. The number of aromatic nitrogens is 3. The van der Waals surface area contributed by atoms with Gasteiger partial charge in [0.1, 0.15) is 11.5 Å². The maximum Gasteiger partial charge on any atom is 0.206 e. The Bertz CT molecular complexity index is 763. The maximum atomic E-state index is 12.9. The van der Waals surface area contributed by atoms with E-state index in [0.717, 1.165) is 5.69 Å². The number of rotatable bonds is 5. The SMILES string of the molecule is C[C@@H](Nc1nnc(-c2ccccn2)s1)[C@H](O)c1ccc(F)cc1. The summed E-state index contributed by atoms with van der Waals surface area (Å²) in [5.74, 6) is -0.328. The van der Waals surface area contributed by atoms with Gasteiger partial charge in [-0.25, -0.2) is 4.39 Å². The van der Waals surface area contributed by atoms with Gasteiger partial charge in [-0.2, -0.15) is 0 Å². The third-order valence-electron chi connectivity index (χ3n) is 3.35. The van der Waals surface area contributed by atoms with Crippen LogP contribution in [0.2, 0.25) is 0 Å². The number of nitrogens with zero attached hydrogens (tertiary/aromatic N) is 3. The largest absolute Gasteiger partial charge is 0.386 e. The first-order valence-corrected chi connectivity index (χ1v) is 7.90. The van der Waals surface area contributed by atoms with Gasteiger partial charge in [0.25, 0.3) is 0 Å². The summed E-state index contributed by atoms with van der Waals surface area (Å²) in [6.07, 6.45) is 0.919. The molecule has 0 saturated carbocycles. The number of aliphatic hydroxyl groups excluding tert-OH is 1. The van der Waals surface area contributed by atoms with Crippen LogP contribution in [0, 0.1) is 5.82 Å². The highest BCUT2D eigenvalue weighted by molar-refractivity contribution is 7.18. The van der Waals surface area contributed by atoms with Crippen LogP contribution in [0.15, 0.2) is 48.7 Å². The van der Waals surface area contributed by atoms with E-state index in [1.165, 1.54) is 23.5 Å². The Morgan fingerprint density at radius 2 is 1.91 bits per heavy atom. The molecule has 3 rings (SSSR count). The lowest BCUT2D eigenvalue weighted by atomic mass is 10.0. The highest BCUT2D eigenvalue weighted by Gasteiger charge is 2.18. The Balaban J connectivity index is 1.69. The molecule has 2 aromatic heterocycles. The molecule has 3 aromatic rings. The molecule has 0 aliphatic rings. The molecule has 0 aliphatic heterocycles. The molecule has 7 heteroatoms. The van der Waals surface area contributed by atoms with E-state index < -0.39 is 6.10 Å². The van der Waals surface area contributed by atoms with Crippen LogP contribution in [0.4, 0.5) is 9.52 Å². The second kappa shape index (κ2) is 6.80. The first-order chi connectivity index (χ1) is 11.1. The van der Waals surface area contributed by atoms with Crippen molar-refractivity contribution in [2.24, 2.45) is 0 Å². The predicted molar refractivity (Wildman–Crippen MR) is 87.6 cm³/mol. The van der Waals surface area contributed by atoms with Crippen molar-refractivity contribution in [3.8, 4) is 10.7 Å². The molecule has 0 spiro atoms.